The molecule has 40 heavy (non-hydrogen) atoms. The number of anilines is 2. The fourth-order valence-electron chi connectivity index (χ4n) is 4.84. The van der Waals surface area contributed by atoms with E-state index in [1.807, 2.05) is 20.8 Å². The van der Waals surface area contributed by atoms with Crippen molar-refractivity contribution in [1.82, 2.24) is 10.6 Å². The summed E-state index contributed by atoms with van der Waals surface area (Å²) in [5, 5.41) is 29.1. The Balaban J connectivity index is 2.14. The van der Waals surface area contributed by atoms with E-state index >= 15 is 0 Å². The molecule has 0 bridgehead atoms. The number of amides is 4. The van der Waals surface area contributed by atoms with Crippen LogP contribution in [0.4, 0.5) is 11.4 Å². The number of nitrogens with one attached hydrogen (secondary N) is 4. The van der Waals surface area contributed by atoms with Crippen LogP contribution in [0.3, 0.4) is 0 Å². The number of benzene rings is 2. The van der Waals surface area contributed by atoms with Crippen LogP contribution < -0.4 is 21.3 Å². The number of aliphatic hydroxyl groups excluding tert-OH is 2. The molecule has 0 aliphatic rings. The zero-order valence-electron chi connectivity index (χ0n) is 24.0. The lowest BCUT2D eigenvalue weighted by Crippen LogP contribution is -2.32. The summed E-state index contributed by atoms with van der Waals surface area (Å²) in [6.07, 6.45) is 1.04. The summed E-state index contributed by atoms with van der Waals surface area (Å²) in [7, 11) is 0. The van der Waals surface area contributed by atoms with Crippen molar-refractivity contribution in [2.45, 2.75) is 54.9 Å². The molecule has 0 saturated carbocycles. The van der Waals surface area contributed by atoms with Gasteiger partial charge in [0.2, 0.25) is 11.8 Å². The summed E-state index contributed by atoms with van der Waals surface area (Å²) in [4.78, 5) is 61.5. The Hall–Kier alpha value is -4.09. The van der Waals surface area contributed by atoms with Crippen LogP contribution >= 0.6 is 0 Å². The van der Waals surface area contributed by atoms with Crippen LogP contribution in [-0.4, -0.2) is 66.4 Å². The molecule has 0 atom stereocenters. The molecular formula is C29H38N4O7. The Morgan fingerprint density at radius 2 is 1.02 bits per heavy atom. The van der Waals surface area contributed by atoms with Crippen LogP contribution in [0.15, 0.2) is 0 Å². The quantitative estimate of drug-likeness (QED) is 0.182. The molecule has 0 unspecified atom stereocenters. The van der Waals surface area contributed by atoms with Gasteiger partial charge in [-0.05, 0) is 93.8 Å². The van der Waals surface area contributed by atoms with Gasteiger partial charge in [-0.3, -0.25) is 24.0 Å². The number of aldehydes is 1. The molecule has 11 nitrogen and oxygen atoms in total. The Morgan fingerprint density at radius 1 is 0.600 bits per heavy atom. The van der Waals surface area contributed by atoms with E-state index in [4.69, 9.17) is 10.2 Å². The Kier molecular flexibility index (Phi) is 11.1. The summed E-state index contributed by atoms with van der Waals surface area (Å²) in [6.45, 7) is 11.3. The maximum absolute atomic E-state index is 13.1. The average molecular weight is 555 g/mol. The third kappa shape index (κ3) is 6.72. The van der Waals surface area contributed by atoms with Gasteiger partial charge >= 0.3 is 0 Å². The van der Waals surface area contributed by atoms with Gasteiger partial charge in [-0.25, -0.2) is 0 Å². The molecule has 0 fully saturated rings. The van der Waals surface area contributed by atoms with E-state index in [2.05, 4.69) is 21.3 Å². The molecule has 11 heteroatoms. The molecule has 2 aromatic carbocycles. The van der Waals surface area contributed by atoms with Gasteiger partial charge in [0, 0.05) is 41.2 Å². The van der Waals surface area contributed by atoms with Crippen molar-refractivity contribution in [1.29, 1.82) is 0 Å². The van der Waals surface area contributed by atoms with Gasteiger partial charge < -0.3 is 31.5 Å². The maximum Gasteiger partial charge on any atom is 0.251 e. The number of aliphatic hydroxyl groups is 2. The van der Waals surface area contributed by atoms with Gasteiger partial charge in [0.1, 0.15) is 13.2 Å². The topological polar surface area (TPSA) is 174 Å². The predicted molar refractivity (Wildman–Crippen MR) is 152 cm³/mol. The largest absolute Gasteiger partial charge is 0.387 e. The molecule has 6 N–H and O–H groups in total. The highest BCUT2D eigenvalue weighted by molar-refractivity contribution is 6.04. The molecule has 0 aliphatic carbocycles. The van der Waals surface area contributed by atoms with Crippen LogP contribution in [0, 0.1) is 48.5 Å². The fourth-order valence-corrected chi connectivity index (χ4v) is 4.84. The van der Waals surface area contributed by atoms with Crippen LogP contribution in [0.1, 0.15) is 76.4 Å². The van der Waals surface area contributed by atoms with Crippen molar-refractivity contribution in [3.8, 4) is 0 Å². The molecule has 2 aromatic rings. The maximum atomic E-state index is 13.1. The van der Waals surface area contributed by atoms with E-state index in [0.29, 0.717) is 51.9 Å². The van der Waals surface area contributed by atoms with Gasteiger partial charge in [-0.1, -0.05) is 0 Å². The molecule has 0 radical (unpaired) electrons. The molecule has 2 rings (SSSR count). The lowest BCUT2D eigenvalue weighted by Gasteiger charge is -2.21. The number of carbonyl (C=O) groups excluding carboxylic acids is 5. The van der Waals surface area contributed by atoms with Gasteiger partial charge in [0.15, 0.2) is 6.29 Å². The third-order valence-corrected chi connectivity index (χ3v) is 7.25. The van der Waals surface area contributed by atoms with Crippen molar-refractivity contribution < 1.29 is 34.2 Å². The third-order valence-electron chi connectivity index (χ3n) is 7.25. The summed E-state index contributed by atoms with van der Waals surface area (Å²) >= 11 is 0. The molecule has 0 aromatic heterocycles. The summed E-state index contributed by atoms with van der Waals surface area (Å²) in [5.74, 6) is -1.99. The lowest BCUT2D eigenvalue weighted by atomic mass is 9.91. The van der Waals surface area contributed by atoms with Crippen molar-refractivity contribution in [3.05, 3.63) is 55.6 Å². The second kappa shape index (κ2) is 13.8. The molecule has 4 amide bonds. The minimum atomic E-state index is -0.740. The SMILES string of the molecule is Cc1c(C)c(NC(=O)CO)c(C)c(C(=O)NCCCNC(=O)c2c(C)c(C=O)c(C)c(NC(=O)CO)c2C)c1C. The smallest absolute Gasteiger partial charge is 0.251 e. The Morgan fingerprint density at radius 3 is 1.45 bits per heavy atom. The van der Waals surface area contributed by atoms with E-state index < -0.39 is 30.9 Å². The second-order valence-corrected chi connectivity index (χ2v) is 9.68. The molecule has 0 spiro atoms. The van der Waals surface area contributed by atoms with Gasteiger partial charge in [-0.15, -0.1) is 0 Å². The van der Waals surface area contributed by atoms with Crippen molar-refractivity contribution >= 4 is 41.3 Å². The van der Waals surface area contributed by atoms with Gasteiger partial charge in [0.05, 0.1) is 0 Å². The van der Waals surface area contributed by atoms with E-state index in [-0.39, 0.29) is 30.1 Å². The molecule has 216 valence electrons. The molecule has 0 saturated heterocycles. The van der Waals surface area contributed by atoms with Crippen molar-refractivity contribution in [2.75, 3.05) is 36.9 Å². The summed E-state index contributed by atoms with van der Waals surface area (Å²) in [6, 6.07) is 0. The van der Waals surface area contributed by atoms with Crippen LogP contribution in [0.25, 0.3) is 0 Å². The molecule has 0 aliphatic heterocycles. The van der Waals surface area contributed by atoms with Crippen LogP contribution in [-0.2, 0) is 9.59 Å². The van der Waals surface area contributed by atoms with Crippen LogP contribution in [0.5, 0.6) is 0 Å². The van der Waals surface area contributed by atoms with Crippen LogP contribution in [0.2, 0.25) is 0 Å². The minimum absolute atomic E-state index is 0.226. The summed E-state index contributed by atoms with van der Waals surface area (Å²) < 4.78 is 0. The Labute approximate surface area is 233 Å². The first kappa shape index (κ1) is 32.1. The monoisotopic (exact) mass is 554 g/mol. The lowest BCUT2D eigenvalue weighted by molar-refractivity contribution is -0.119. The number of carbonyl (C=O) groups is 5. The van der Waals surface area contributed by atoms with Crippen molar-refractivity contribution in [3.63, 3.8) is 0 Å². The zero-order chi connectivity index (χ0) is 30.3. The highest BCUT2D eigenvalue weighted by Gasteiger charge is 2.23. The Bertz CT molecular complexity index is 1370. The second-order valence-electron chi connectivity index (χ2n) is 9.68. The van der Waals surface area contributed by atoms with Gasteiger partial charge in [0.25, 0.3) is 11.8 Å². The summed E-state index contributed by atoms with van der Waals surface area (Å²) in [5.41, 5.74) is 6.25. The van der Waals surface area contributed by atoms with E-state index in [0.717, 1.165) is 16.7 Å². The van der Waals surface area contributed by atoms with Crippen molar-refractivity contribution in [2.24, 2.45) is 0 Å². The highest BCUT2D eigenvalue weighted by atomic mass is 16.3. The van der Waals surface area contributed by atoms with E-state index in [1.165, 1.54) is 0 Å². The minimum Gasteiger partial charge on any atom is -0.387 e. The average Bonchev–Trinajstić information content (AvgIpc) is 2.92. The highest BCUT2D eigenvalue weighted by Crippen LogP contribution is 2.32. The first-order valence-corrected chi connectivity index (χ1v) is 12.9. The number of hydrogen-bond donors (Lipinski definition) is 6. The zero-order valence-corrected chi connectivity index (χ0v) is 24.0. The van der Waals surface area contributed by atoms with E-state index in [1.54, 1.807) is 27.7 Å². The molecule has 0 heterocycles. The number of hydrogen-bond acceptors (Lipinski definition) is 7. The van der Waals surface area contributed by atoms with Gasteiger partial charge in [-0.2, -0.15) is 0 Å². The molecular weight excluding hydrogens is 516 g/mol. The number of rotatable bonds is 11. The first-order chi connectivity index (χ1) is 18.8. The predicted octanol–water partition coefficient (Wildman–Crippen LogP) is 2.07. The fraction of sp³-hybridized carbons (Fsp3) is 0.414. The first-order valence-electron chi connectivity index (χ1n) is 12.9. The standard InChI is InChI=1S/C29H38N4O7/c1-14-15(2)24(19(6)26(16(14)3)32-22(37)12-35)28(39)30-9-8-10-31-29(40)25-17(4)21(11-34)18(5)27(20(25)7)33-23(38)13-36/h11,35-36H,8-10,12-13H2,1-7H3,(H,30,39)(H,31,40)(H,32,37)(H,33,38). The van der Waals surface area contributed by atoms with E-state index in [9.17, 15) is 24.0 Å². The normalized spacial score (nSPS) is 10.6.